The zero-order valence-electron chi connectivity index (χ0n) is 8.03. The third kappa shape index (κ3) is 1.55. The molecule has 0 saturated heterocycles. The Morgan fingerprint density at radius 3 is 2.79 bits per heavy atom. The van der Waals surface area contributed by atoms with Crippen LogP contribution in [0.1, 0.15) is 19.5 Å². The van der Waals surface area contributed by atoms with Crippen LogP contribution in [0.25, 0.3) is 5.65 Å². The summed E-state index contributed by atoms with van der Waals surface area (Å²) in [6, 6.07) is 3.85. The number of halogens is 1. The van der Waals surface area contributed by atoms with Crippen LogP contribution in [-0.2, 0) is 5.60 Å². The molecule has 0 atom stereocenters. The van der Waals surface area contributed by atoms with Gasteiger partial charge >= 0.3 is 0 Å². The molecule has 0 amide bonds. The minimum absolute atomic E-state index is 0.671. The van der Waals surface area contributed by atoms with Crippen molar-refractivity contribution in [1.29, 1.82) is 0 Å². The largest absolute Gasteiger partial charge is 0.384 e. The second-order valence-electron chi connectivity index (χ2n) is 3.77. The molecule has 4 heteroatoms. The molecule has 0 aliphatic carbocycles. The van der Waals surface area contributed by atoms with Crippen LogP contribution < -0.4 is 0 Å². The Morgan fingerprint density at radius 2 is 2.21 bits per heavy atom. The number of hydrogen-bond acceptors (Lipinski definition) is 2. The maximum atomic E-state index is 9.79. The highest BCUT2D eigenvalue weighted by Gasteiger charge is 2.20. The van der Waals surface area contributed by atoms with Gasteiger partial charge in [0.2, 0.25) is 0 Å². The lowest BCUT2D eigenvalue weighted by atomic mass is 10.1. The first-order valence-corrected chi connectivity index (χ1v) is 5.14. The molecule has 1 N–H and O–H groups in total. The number of fused-ring (bicyclic) bond motifs is 1. The summed E-state index contributed by atoms with van der Waals surface area (Å²) in [4.78, 5) is 4.35. The first-order chi connectivity index (χ1) is 6.48. The standard InChI is InChI=1S/C10H11BrN2O/c1-10(2,14)8-6-13-5-3-4-7(11)9(13)12-8/h3-6,14H,1-2H3. The number of aliphatic hydroxyl groups is 1. The van der Waals surface area contributed by atoms with E-state index < -0.39 is 5.60 Å². The zero-order valence-corrected chi connectivity index (χ0v) is 9.62. The highest BCUT2D eigenvalue weighted by atomic mass is 79.9. The van der Waals surface area contributed by atoms with Gasteiger partial charge in [-0.2, -0.15) is 0 Å². The van der Waals surface area contributed by atoms with Gasteiger partial charge in [-0.05, 0) is 41.9 Å². The minimum atomic E-state index is -0.897. The topological polar surface area (TPSA) is 37.5 Å². The molecule has 0 spiro atoms. The maximum absolute atomic E-state index is 9.79. The molecule has 2 aromatic rings. The fourth-order valence-corrected chi connectivity index (χ4v) is 1.72. The van der Waals surface area contributed by atoms with Crippen LogP contribution >= 0.6 is 15.9 Å². The SMILES string of the molecule is CC(C)(O)c1cn2cccc(Br)c2n1. The Kier molecular flexibility index (Phi) is 2.12. The second kappa shape index (κ2) is 3.07. The van der Waals surface area contributed by atoms with Crippen molar-refractivity contribution < 1.29 is 5.11 Å². The Balaban J connectivity index is 2.69. The number of imidazole rings is 1. The van der Waals surface area contributed by atoms with Gasteiger partial charge in [0.1, 0.15) is 5.60 Å². The number of nitrogens with zero attached hydrogens (tertiary/aromatic N) is 2. The lowest BCUT2D eigenvalue weighted by Crippen LogP contribution is -2.15. The van der Waals surface area contributed by atoms with E-state index in [4.69, 9.17) is 0 Å². The molecule has 74 valence electrons. The van der Waals surface area contributed by atoms with Crippen molar-refractivity contribution in [2.45, 2.75) is 19.4 Å². The van der Waals surface area contributed by atoms with E-state index in [0.717, 1.165) is 10.1 Å². The minimum Gasteiger partial charge on any atom is -0.384 e. The highest BCUT2D eigenvalue weighted by Crippen LogP contribution is 2.22. The highest BCUT2D eigenvalue weighted by molar-refractivity contribution is 9.10. The smallest absolute Gasteiger partial charge is 0.151 e. The molecule has 0 aliphatic heterocycles. The van der Waals surface area contributed by atoms with E-state index in [2.05, 4.69) is 20.9 Å². The number of rotatable bonds is 1. The van der Waals surface area contributed by atoms with Crippen LogP contribution in [0.3, 0.4) is 0 Å². The Hall–Kier alpha value is -0.870. The molecule has 0 fully saturated rings. The van der Waals surface area contributed by atoms with Crippen molar-refractivity contribution in [3.05, 3.63) is 34.7 Å². The summed E-state index contributed by atoms with van der Waals surface area (Å²) in [6.07, 6.45) is 3.74. The molecular formula is C10H11BrN2O. The summed E-state index contributed by atoms with van der Waals surface area (Å²) in [5, 5.41) is 9.79. The molecule has 0 aromatic carbocycles. The van der Waals surface area contributed by atoms with Gasteiger partial charge < -0.3 is 9.51 Å². The average molecular weight is 255 g/mol. The third-order valence-corrected chi connectivity index (χ3v) is 2.68. The first-order valence-electron chi connectivity index (χ1n) is 4.34. The number of pyridine rings is 1. The van der Waals surface area contributed by atoms with Crippen molar-refractivity contribution in [3.8, 4) is 0 Å². The van der Waals surface area contributed by atoms with Crippen LogP contribution in [0.2, 0.25) is 0 Å². The Morgan fingerprint density at radius 1 is 1.50 bits per heavy atom. The summed E-state index contributed by atoms with van der Waals surface area (Å²) in [7, 11) is 0. The van der Waals surface area contributed by atoms with Crippen molar-refractivity contribution in [3.63, 3.8) is 0 Å². The molecule has 2 aromatic heterocycles. The van der Waals surface area contributed by atoms with Gasteiger partial charge in [0.15, 0.2) is 5.65 Å². The molecule has 2 rings (SSSR count). The van der Waals surface area contributed by atoms with E-state index in [1.54, 1.807) is 13.8 Å². The van der Waals surface area contributed by atoms with Gasteiger partial charge in [-0.25, -0.2) is 4.98 Å². The zero-order chi connectivity index (χ0) is 10.3. The van der Waals surface area contributed by atoms with Crippen LogP contribution in [0, 0.1) is 0 Å². The quantitative estimate of drug-likeness (QED) is 0.849. The molecule has 0 saturated carbocycles. The fourth-order valence-electron chi connectivity index (χ4n) is 1.27. The van der Waals surface area contributed by atoms with E-state index in [0.29, 0.717) is 5.69 Å². The van der Waals surface area contributed by atoms with Crippen LogP contribution in [-0.4, -0.2) is 14.5 Å². The fraction of sp³-hybridized carbons (Fsp3) is 0.300. The number of aromatic nitrogens is 2. The first kappa shape index (κ1) is 9.68. The summed E-state index contributed by atoms with van der Waals surface area (Å²) in [6.45, 7) is 3.45. The van der Waals surface area contributed by atoms with E-state index >= 15 is 0 Å². The predicted molar refractivity (Wildman–Crippen MR) is 58.1 cm³/mol. The molecule has 0 aliphatic rings. The molecule has 14 heavy (non-hydrogen) atoms. The van der Waals surface area contributed by atoms with Crippen LogP contribution in [0.5, 0.6) is 0 Å². The van der Waals surface area contributed by atoms with Crippen LogP contribution in [0.15, 0.2) is 29.0 Å². The van der Waals surface area contributed by atoms with Gasteiger partial charge in [-0.1, -0.05) is 0 Å². The Labute approximate surface area is 90.5 Å². The lowest BCUT2D eigenvalue weighted by molar-refractivity contribution is 0.0744. The van der Waals surface area contributed by atoms with Crippen LogP contribution in [0.4, 0.5) is 0 Å². The molecule has 0 radical (unpaired) electrons. The van der Waals surface area contributed by atoms with E-state index in [1.165, 1.54) is 0 Å². The van der Waals surface area contributed by atoms with Crippen molar-refractivity contribution in [1.82, 2.24) is 9.38 Å². The van der Waals surface area contributed by atoms with Gasteiger partial charge in [0, 0.05) is 12.4 Å². The summed E-state index contributed by atoms with van der Waals surface area (Å²) in [5.41, 5.74) is 0.597. The predicted octanol–water partition coefficient (Wildman–Crippen LogP) is 2.32. The van der Waals surface area contributed by atoms with E-state index in [9.17, 15) is 5.11 Å². The summed E-state index contributed by atoms with van der Waals surface area (Å²) in [5.74, 6) is 0. The average Bonchev–Trinajstić information content (AvgIpc) is 2.48. The maximum Gasteiger partial charge on any atom is 0.151 e. The van der Waals surface area contributed by atoms with Gasteiger partial charge in [0.05, 0.1) is 10.2 Å². The number of hydrogen-bond donors (Lipinski definition) is 1. The van der Waals surface area contributed by atoms with Crippen molar-refractivity contribution >= 4 is 21.6 Å². The monoisotopic (exact) mass is 254 g/mol. The normalized spacial score (nSPS) is 12.3. The summed E-state index contributed by atoms with van der Waals surface area (Å²) >= 11 is 3.41. The van der Waals surface area contributed by atoms with Gasteiger partial charge in [-0.3, -0.25) is 0 Å². The second-order valence-corrected chi connectivity index (χ2v) is 4.63. The van der Waals surface area contributed by atoms with E-state index in [1.807, 2.05) is 28.9 Å². The van der Waals surface area contributed by atoms with Crippen molar-refractivity contribution in [2.75, 3.05) is 0 Å². The lowest BCUT2D eigenvalue weighted by Gasteiger charge is -2.12. The molecular weight excluding hydrogens is 244 g/mol. The third-order valence-electron chi connectivity index (χ3n) is 2.06. The summed E-state index contributed by atoms with van der Waals surface area (Å²) < 4.78 is 2.81. The molecule has 2 heterocycles. The molecule has 3 nitrogen and oxygen atoms in total. The molecule has 0 bridgehead atoms. The van der Waals surface area contributed by atoms with Gasteiger partial charge in [0.25, 0.3) is 0 Å². The molecule has 0 unspecified atom stereocenters. The van der Waals surface area contributed by atoms with Crippen molar-refractivity contribution in [2.24, 2.45) is 0 Å². The van der Waals surface area contributed by atoms with E-state index in [-0.39, 0.29) is 0 Å². The Bertz CT molecular complexity index is 470. The van der Waals surface area contributed by atoms with Gasteiger partial charge in [-0.15, -0.1) is 0 Å².